The lowest BCUT2D eigenvalue weighted by atomic mass is 10.2. The van der Waals surface area contributed by atoms with Crippen LogP contribution < -0.4 is 0 Å². The maximum absolute atomic E-state index is 3.71. The van der Waals surface area contributed by atoms with Gasteiger partial charge in [0.2, 0.25) is 0 Å². The molecule has 0 aromatic carbocycles. The van der Waals surface area contributed by atoms with Gasteiger partial charge in [-0.3, -0.25) is 0 Å². The molecule has 0 heterocycles. The Balaban J connectivity index is 3.13. The summed E-state index contributed by atoms with van der Waals surface area (Å²) in [6.45, 7) is 9.42. The Hall–Kier alpha value is -0.300. The smallest absolute Gasteiger partial charge is 0.00355 e. The van der Waals surface area contributed by atoms with E-state index in [0.717, 1.165) is 0 Å². The first kappa shape index (κ1) is 11.7. The van der Waals surface area contributed by atoms with E-state index >= 15 is 0 Å². The topological polar surface area (TPSA) is 3.24 Å². The lowest BCUT2D eigenvalue weighted by Crippen LogP contribution is -2.27. The Kier molecular flexibility index (Phi) is 7.17. The van der Waals surface area contributed by atoms with Crippen LogP contribution in [0.25, 0.3) is 0 Å². The van der Waals surface area contributed by atoms with E-state index in [1.807, 2.05) is 6.08 Å². The Morgan fingerprint density at radius 2 is 1.92 bits per heavy atom. The molecule has 72 valence electrons. The first-order chi connectivity index (χ1) is 5.68. The largest absolute Gasteiger partial charge is 0.304 e. The van der Waals surface area contributed by atoms with E-state index in [0.29, 0.717) is 6.04 Å². The molecular weight excluding hydrogens is 146 g/mol. The van der Waals surface area contributed by atoms with Gasteiger partial charge in [-0.25, -0.2) is 0 Å². The van der Waals surface area contributed by atoms with Crippen molar-refractivity contribution in [2.45, 2.75) is 45.6 Å². The summed E-state index contributed by atoms with van der Waals surface area (Å²) in [5.74, 6) is 0. The summed E-state index contributed by atoms with van der Waals surface area (Å²) in [4.78, 5) is 2.40. The van der Waals surface area contributed by atoms with Crippen LogP contribution in [-0.2, 0) is 0 Å². The molecule has 0 aromatic heterocycles. The van der Waals surface area contributed by atoms with Gasteiger partial charge < -0.3 is 4.90 Å². The Labute approximate surface area is 77.5 Å². The molecule has 0 bridgehead atoms. The standard InChI is InChI=1S/C11H23N/c1-5-6-7-8-9-10-12(4)11(2)3/h5,11H,1,6-10H2,2-4H3. The van der Waals surface area contributed by atoms with Crippen molar-refractivity contribution in [2.24, 2.45) is 0 Å². The minimum absolute atomic E-state index is 0.685. The van der Waals surface area contributed by atoms with Crippen LogP contribution >= 0.6 is 0 Å². The van der Waals surface area contributed by atoms with Crippen LogP contribution in [0.15, 0.2) is 12.7 Å². The zero-order valence-corrected chi connectivity index (χ0v) is 8.84. The van der Waals surface area contributed by atoms with Gasteiger partial charge in [-0.2, -0.15) is 0 Å². The van der Waals surface area contributed by atoms with Gasteiger partial charge in [-0.1, -0.05) is 12.5 Å². The van der Waals surface area contributed by atoms with E-state index < -0.39 is 0 Å². The highest BCUT2D eigenvalue weighted by Crippen LogP contribution is 2.02. The van der Waals surface area contributed by atoms with Crippen LogP contribution in [0.5, 0.6) is 0 Å². The number of allylic oxidation sites excluding steroid dienone is 1. The third-order valence-corrected chi connectivity index (χ3v) is 2.30. The maximum atomic E-state index is 3.71. The minimum Gasteiger partial charge on any atom is -0.304 e. The molecule has 0 spiro atoms. The van der Waals surface area contributed by atoms with E-state index in [2.05, 4.69) is 32.4 Å². The molecule has 0 aliphatic heterocycles. The normalized spacial score (nSPS) is 11.1. The van der Waals surface area contributed by atoms with E-state index in [1.165, 1.54) is 32.2 Å². The fourth-order valence-electron chi connectivity index (χ4n) is 1.08. The number of hydrogen-bond donors (Lipinski definition) is 0. The summed E-state index contributed by atoms with van der Waals surface area (Å²) < 4.78 is 0. The van der Waals surface area contributed by atoms with Crippen LogP contribution in [0.4, 0.5) is 0 Å². The molecule has 0 saturated heterocycles. The quantitative estimate of drug-likeness (QED) is 0.418. The molecule has 1 nitrogen and oxygen atoms in total. The van der Waals surface area contributed by atoms with Crippen molar-refractivity contribution in [1.82, 2.24) is 4.90 Å². The van der Waals surface area contributed by atoms with Gasteiger partial charge in [0.05, 0.1) is 0 Å². The third kappa shape index (κ3) is 6.41. The lowest BCUT2D eigenvalue weighted by Gasteiger charge is -2.20. The monoisotopic (exact) mass is 169 g/mol. The lowest BCUT2D eigenvalue weighted by molar-refractivity contribution is 0.267. The minimum atomic E-state index is 0.685. The van der Waals surface area contributed by atoms with Crippen molar-refractivity contribution in [1.29, 1.82) is 0 Å². The van der Waals surface area contributed by atoms with Crippen molar-refractivity contribution >= 4 is 0 Å². The third-order valence-electron chi connectivity index (χ3n) is 2.30. The van der Waals surface area contributed by atoms with Crippen LogP contribution in [0.3, 0.4) is 0 Å². The average molecular weight is 169 g/mol. The van der Waals surface area contributed by atoms with Gasteiger partial charge in [-0.15, -0.1) is 6.58 Å². The highest BCUT2D eigenvalue weighted by molar-refractivity contribution is 4.66. The molecule has 0 amide bonds. The van der Waals surface area contributed by atoms with Gasteiger partial charge in [0.25, 0.3) is 0 Å². The highest BCUT2D eigenvalue weighted by Gasteiger charge is 2.00. The SMILES string of the molecule is C=CCCCCCN(C)C(C)C. The molecule has 0 rings (SSSR count). The van der Waals surface area contributed by atoms with E-state index in [-0.39, 0.29) is 0 Å². The summed E-state index contributed by atoms with van der Waals surface area (Å²) in [5.41, 5.74) is 0. The number of hydrogen-bond acceptors (Lipinski definition) is 1. The van der Waals surface area contributed by atoms with Crippen LogP contribution in [0, 0.1) is 0 Å². The first-order valence-corrected chi connectivity index (χ1v) is 4.99. The summed E-state index contributed by atoms with van der Waals surface area (Å²) in [5, 5.41) is 0. The molecule has 0 aliphatic carbocycles. The van der Waals surface area contributed by atoms with E-state index in [4.69, 9.17) is 0 Å². The zero-order valence-electron chi connectivity index (χ0n) is 8.84. The van der Waals surface area contributed by atoms with Gasteiger partial charge >= 0.3 is 0 Å². The molecule has 0 atom stereocenters. The summed E-state index contributed by atoms with van der Waals surface area (Å²) in [7, 11) is 2.19. The molecule has 0 radical (unpaired) electrons. The van der Waals surface area contributed by atoms with Crippen molar-refractivity contribution in [3.63, 3.8) is 0 Å². The molecule has 0 aliphatic rings. The van der Waals surface area contributed by atoms with Crippen molar-refractivity contribution < 1.29 is 0 Å². The molecule has 1 heteroatoms. The zero-order chi connectivity index (χ0) is 9.40. The van der Waals surface area contributed by atoms with Crippen LogP contribution in [-0.4, -0.2) is 24.5 Å². The van der Waals surface area contributed by atoms with Crippen LogP contribution in [0.1, 0.15) is 39.5 Å². The Morgan fingerprint density at radius 3 is 2.42 bits per heavy atom. The molecule has 0 saturated carbocycles. The molecular formula is C11H23N. The van der Waals surface area contributed by atoms with Crippen molar-refractivity contribution in [3.05, 3.63) is 12.7 Å². The van der Waals surface area contributed by atoms with E-state index in [1.54, 1.807) is 0 Å². The van der Waals surface area contributed by atoms with Gasteiger partial charge in [0.1, 0.15) is 0 Å². The second-order valence-corrected chi connectivity index (χ2v) is 3.71. The Bertz CT molecular complexity index is 108. The summed E-state index contributed by atoms with van der Waals surface area (Å²) >= 11 is 0. The number of unbranched alkanes of at least 4 members (excludes halogenated alkanes) is 3. The molecule has 0 aromatic rings. The summed E-state index contributed by atoms with van der Waals surface area (Å²) in [6, 6.07) is 0.685. The maximum Gasteiger partial charge on any atom is 0.00355 e. The molecule has 0 unspecified atom stereocenters. The fourth-order valence-corrected chi connectivity index (χ4v) is 1.08. The van der Waals surface area contributed by atoms with Gasteiger partial charge in [-0.05, 0) is 46.7 Å². The molecule has 0 fully saturated rings. The second-order valence-electron chi connectivity index (χ2n) is 3.71. The summed E-state index contributed by atoms with van der Waals surface area (Å²) in [6.07, 6.45) is 7.14. The highest BCUT2D eigenvalue weighted by atomic mass is 15.1. The van der Waals surface area contributed by atoms with Gasteiger partial charge in [0, 0.05) is 6.04 Å². The first-order valence-electron chi connectivity index (χ1n) is 4.99. The number of rotatable bonds is 7. The molecule has 0 N–H and O–H groups in total. The van der Waals surface area contributed by atoms with E-state index in [9.17, 15) is 0 Å². The van der Waals surface area contributed by atoms with Crippen molar-refractivity contribution in [2.75, 3.05) is 13.6 Å². The average Bonchev–Trinajstić information content (AvgIpc) is 2.03. The van der Waals surface area contributed by atoms with Gasteiger partial charge in [0.15, 0.2) is 0 Å². The van der Waals surface area contributed by atoms with Crippen LogP contribution in [0.2, 0.25) is 0 Å². The van der Waals surface area contributed by atoms with Crippen molar-refractivity contribution in [3.8, 4) is 0 Å². The second kappa shape index (κ2) is 7.35. The Morgan fingerprint density at radius 1 is 1.25 bits per heavy atom. The fraction of sp³-hybridized carbons (Fsp3) is 0.818. The number of nitrogens with zero attached hydrogens (tertiary/aromatic N) is 1. The molecule has 12 heavy (non-hydrogen) atoms. The predicted octanol–water partition coefficient (Wildman–Crippen LogP) is 3.07. The predicted molar refractivity (Wildman–Crippen MR) is 56.4 cm³/mol.